The van der Waals surface area contributed by atoms with E-state index < -0.39 is 19.7 Å². The van der Waals surface area contributed by atoms with Crippen LogP contribution in [0.5, 0.6) is 0 Å². The van der Waals surface area contributed by atoms with Gasteiger partial charge in [-0.15, -0.1) is 0 Å². The van der Waals surface area contributed by atoms with Gasteiger partial charge >= 0.3 is 0 Å². The number of unbranched alkanes of at least 4 members (excludes halogenated alkanes) is 7. The highest BCUT2D eigenvalue weighted by molar-refractivity contribution is 7.95. The van der Waals surface area contributed by atoms with Crippen LogP contribution < -0.4 is 15.9 Å². The predicted octanol–water partition coefficient (Wildman–Crippen LogP) is 6.44. The Labute approximate surface area is 257 Å². The van der Waals surface area contributed by atoms with Crippen LogP contribution in [0.1, 0.15) is 57.8 Å². The van der Waals surface area contributed by atoms with Gasteiger partial charge in [-0.2, -0.15) is 0 Å². The van der Waals surface area contributed by atoms with E-state index in [4.69, 9.17) is 9.47 Å². The van der Waals surface area contributed by atoms with Crippen molar-refractivity contribution in [3.05, 3.63) is 114 Å². The van der Waals surface area contributed by atoms with Crippen molar-refractivity contribution in [3.8, 4) is 0 Å². The molecule has 3 aromatic rings. The Balaban J connectivity index is 1.28. The summed E-state index contributed by atoms with van der Waals surface area (Å²) < 4.78 is 10.2. The van der Waals surface area contributed by atoms with E-state index in [0.717, 1.165) is 31.8 Å². The highest BCUT2D eigenvalue weighted by atomic mass is 31.2. The molecule has 4 rings (SSSR count). The van der Waals surface area contributed by atoms with E-state index in [1.165, 1.54) is 55.8 Å². The molecule has 0 spiro atoms. The second-order valence-electron chi connectivity index (χ2n) is 11.0. The normalized spacial score (nSPS) is 13.9. The first-order valence-electron chi connectivity index (χ1n) is 15.4. The van der Waals surface area contributed by atoms with Crippen molar-refractivity contribution >= 4 is 34.7 Å². The average molecular weight is 600 g/mol. The topological polar surface area (TPSA) is 72.8 Å². The first-order valence-corrected chi connectivity index (χ1v) is 17.3. The monoisotopic (exact) mass is 599 g/mol. The van der Waals surface area contributed by atoms with Crippen molar-refractivity contribution < 1.29 is 24.2 Å². The van der Waals surface area contributed by atoms with Crippen molar-refractivity contribution in [1.82, 2.24) is 0 Å². The summed E-state index contributed by atoms with van der Waals surface area (Å²) in [4.78, 5) is 25.5. The van der Waals surface area contributed by atoms with Crippen LogP contribution in [0, 0.1) is 0 Å². The van der Waals surface area contributed by atoms with Crippen LogP contribution in [0.3, 0.4) is 0 Å². The van der Waals surface area contributed by atoms with Crippen LogP contribution in [0.15, 0.2) is 114 Å². The van der Waals surface area contributed by atoms with Crippen molar-refractivity contribution in [2.75, 3.05) is 27.0 Å². The molecule has 0 radical (unpaired) electrons. The zero-order valence-electron chi connectivity index (χ0n) is 25.5. The number of ether oxygens (including phenoxy) is 2. The third kappa shape index (κ3) is 7.52. The minimum Gasteiger partial charge on any atom is -0.489 e. The molecule has 0 aliphatic heterocycles. The largest absolute Gasteiger partial charge is 0.489 e. The van der Waals surface area contributed by atoms with E-state index in [9.17, 15) is 14.7 Å². The van der Waals surface area contributed by atoms with Crippen molar-refractivity contribution in [1.29, 1.82) is 0 Å². The van der Waals surface area contributed by atoms with Gasteiger partial charge in [-0.3, -0.25) is 9.59 Å². The minimum atomic E-state index is -1.76. The Kier molecular flexibility index (Phi) is 12.3. The van der Waals surface area contributed by atoms with Crippen LogP contribution >= 0.6 is 7.26 Å². The number of carbonyl (C=O) groups is 2. The highest BCUT2D eigenvalue weighted by Gasteiger charge is 2.44. The minimum absolute atomic E-state index is 0.0713. The molecule has 6 heteroatoms. The summed E-state index contributed by atoms with van der Waals surface area (Å²) in [6, 6.07) is 33.2. The van der Waals surface area contributed by atoms with E-state index in [-0.39, 0.29) is 22.9 Å². The van der Waals surface area contributed by atoms with E-state index >= 15 is 0 Å². The molecule has 0 aromatic heterocycles. The summed E-state index contributed by atoms with van der Waals surface area (Å²) in [5.41, 5.74) is 0.482. The standard InChI is InChI=1S/C37H44O5P/c1-41-36-34(39)32(33(28-38)35(40)37(36)42-2)26-18-7-5-3-4-6-8-19-27-43(29-20-12-9-13-21-29,30-22-14-10-15-23-30)31-24-16-11-17-25-31/h9-17,20-25,38H,3-8,18-19,26-28H2,1-2H3/q+1. The highest BCUT2D eigenvalue weighted by Crippen LogP contribution is 2.56. The Morgan fingerprint density at radius 2 is 0.907 bits per heavy atom. The van der Waals surface area contributed by atoms with Crippen LogP contribution in [-0.4, -0.2) is 43.7 Å². The van der Waals surface area contributed by atoms with E-state index in [0.29, 0.717) is 12.0 Å². The zero-order valence-corrected chi connectivity index (χ0v) is 26.4. The number of aliphatic hydroxyl groups is 1. The fraction of sp³-hybridized carbons (Fsp3) is 0.351. The molecular weight excluding hydrogens is 555 g/mol. The first-order chi connectivity index (χ1) is 21.1. The molecule has 0 saturated heterocycles. The van der Waals surface area contributed by atoms with Crippen LogP contribution in [0.4, 0.5) is 0 Å². The van der Waals surface area contributed by atoms with Crippen LogP contribution in [0.25, 0.3) is 0 Å². The molecule has 0 saturated carbocycles. The Bertz CT molecular complexity index is 1300. The van der Waals surface area contributed by atoms with Gasteiger partial charge in [-0.25, -0.2) is 0 Å². The summed E-state index contributed by atoms with van der Waals surface area (Å²) in [5.74, 6) is -1.02. The number of carbonyl (C=O) groups excluding carboxylic acids is 2. The maximum atomic E-state index is 12.9. The lowest BCUT2D eigenvalue weighted by Crippen LogP contribution is -2.33. The maximum Gasteiger partial charge on any atom is 0.230 e. The fourth-order valence-corrected chi connectivity index (χ4v) is 10.6. The van der Waals surface area contributed by atoms with Crippen LogP contribution in [0.2, 0.25) is 0 Å². The number of hydrogen-bond acceptors (Lipinski definition) is 5. The number of rotatable bonds is 17. The third-order valence-electron chi connectivity index (χ3n) is 8.36. The average Bonchev–Trinajstić information content (AvgIpc) is 3.06. The first kappa shape index (κ1) is 32.4. The van der Waals surface area contributed by atoms with E-state index in [1.807, 2.05) is 0 Å². The molecule has 3 aromatic carbocycles. The molecule has 0 fully saturated rings. The van der Waals surface area contributed by atoms with E-state index in [1.54, 1.807) is 0 Å². The molecule has 0 unspecified atom stereocenters. The molecule has 0 amide bonds. The smallest absolute Gasteiger partial charge is 0.230 e. The molecular formula is C37H44O5P+. The maximum absolute atomic E-state index is 12.9. The Morgan fingerprint density at radius 3 is 1.30 bits per heavy atom. The lowest BCUT2D eigenvalue weighted by atomic mass is 9.89. The number of methoxy groups -OCH3 is 2. The van der Waals surface area contributed by atoms with Gasteiger partial charge < -0.3 is 14.6 Å². The van der Waals surface area contributed by atoms with Gasteiger partial charge in [-0.05, 0) is 62.1 Å². The second-order valence-corrected chi connectivity index (χ2v) is 14.6. The molecule has 226 valence electrons. The van der Waals surface area contributed by atoms with Gasteiger partial charge in [0.05, 0.1) is 27.0 Å². The van der Waals surface area contributed by atoms with Gasteiger partial charge in [0, 0.05) is 11.1 Å². The summed E-state index contributed by atoms with van der Waals surface area (Å²) in [6.45, 7) is -0.480. The van der Waals surface area contributed by atoms with Crippen molar-refractivity contribution in [3.63, 3.8) is 0 Å². The van der Waals surface area contributed by atoms with E-state index in [2.05, 4.69) is 91.0 Å². The van der Waals surface area contributed by atoms with Crippen molar-refractivity contribution in [2.24, 2.45) is 0 Å². The molecule has 0 heterocycles. The zero-order chi connectivity index (χ0) is 30.5. The number of Topliss-reactive ketones (excluding diaryl/α,β-unsaturated/α-hetero) is 2. The lowest BCUT2D eigenvalue weighted by molar-refractivity contribution is -0.121. The Morgan fingerprint density at radius 1 is 0.535 bits per heavy atom. The van der Waals surface area contributed by atoms with Gasteiger partial charge in [0.1, 0.15) is 23.2 Å². The predicted molar refractivity (Wildman–Crippen MR) is 177 cm³/mol. The number of allylic oxidation sites excluding steroid dienone is 2. The molecule has 0 atom stereocenters. The Hall–Kier alpha value is -3.53. The van der Waals surface area contributed by atoms with Crippen molar-refractivity contribution in [2.45, 2.75) is 57.8 Å². The molecule has 1 aliphatic rings. The molecule has 5 nitrogen and oxygen atoms in total. The summed E-state index contributed by atoms with van der Waals surface area (Å²) in [6.07, 6.45) is 10.4. The number of ketones is 2. The quantitative estimate of drug-likeness (QED) is 0.110. The summed E-state index contributed by atoms with van der Waals surface area (Å²) in [5, 5.41) is 14.1. The number of aliphatic hydroxyl groups excluding tert-OH is 1. The van der Waals surface area contributed by atoms with Crippen LogP contribution in [-0.2, 0) is 19.1 Å². The number of hydrogen-bond donors (Lipinski definition) is 1. The molecule has 1 aliphatic carbocycles. The fourth-order valence-electron chi connectivity index (χ4n) is 6.15. The van der Waals surface area contributed by atoms with Gasteiger partial charge in [0.15, 0.2) is 0 Å². The molecule has 1 N–H and O–H groups in total. The SMILES string of the molecule is COC1=C(OC)C(=O)C(CCCCCCCCCC[P+](c2ccccc2)(c2ccccc2)c2ccccc2)=C(CO)C1=O. The third-order valence-corrected chi connectivity index (χ3v) is 12.9. The number of benzene rings is 3. The summed E-state index contributed by atoms with van der Waals surface area (Å²) in [7, 11) is 0.920. The molecule has 0 bridgehead atoms. The van der Waals surface area contributed by atoms with Gasteiger partial charge in [0.2, 0.25) is 23.1 Å². The molecule has 43 heavy (non-hydrogen) atoms. The lowest BCUT2D eigenvalue weighted by Gasteiger charge is -2.27. The summed E-state index contributed by atoms with van der Waals surface area (Å²) >= 11 is 0. The second kappa shape index (κ2) is 16.4. The van der Waals surface area contributed by atoms with Gasteiger partial charge in [-0.1, -0.05) is 86.7 Å². The van der Waals surface area contributed by atoms with Gasteiger partial charge in [0.25, 0.3) is 0 Å².